The molecule has 25 heavy (non-hydrogen) atoms. The third kappa shape index (κ3) is 3.86. The summed E-state index contributed by atoms with van der Waals surface area (Å²) < 4.78 is 38.7. The lowest BCUT2D eigenvalue weighted by atomic mass is 10.2. The Morgan fingerprint density at radius 2 is 1.72 bits per heavy atom. The lowest BCUT2D eigenvalue weighted by molar-refractivity contribution is -0.141. The molecule has 0 saturated carbocycles. The van der Waals surface area contributed by atoms with E-state index < -0.39 is 11.9 Å². The van der Waals surface area contributed by atoms with E-state index in [2.05, 4.69) is 15.0 Å². The van der Waals surface area contributed by atoms with Crippen LogP contribution in [0, 0.1) is 6.92 Å². The largest absolute Gasteiger partial charge is 0.433 e. The fraction of sp³-hybridized carbons (Fsp3) is 0.375. The van der Waals surface area contributed by atoms with Crippen molar-refractivity contribution in [3.63, 3.8) is 0 Å². The van der Waals surface area contributed by atoms with Crippen molar-refractivity contribution >= 4 is 11.7 Å². The number of aryl methyl sites for hydroxylation is 1. The molecule has 132 valence electrons. The maximum absolute atomic E-state index is 12.9. The molecule has 1 aliphatic heterocycles. The molecule has 0 radical (unpaired) electrons. The molecule has 1 amide bonds. The zero-order valence-electron chi connectivity index (χ0n) is 13.5. The minimum absolute atomic E-state index is 0.0696. The Morgan fingerprint density at radius 3 is 2.32 bits per heavy atom. The van der Waals surface area contributed by atoms with Gasteiger partial charge in [-0.1, -0.05) is 0 Å². The van der Waals surface area contributed by atoms with Crippen LogP contribution in [0.1, 0.15) is 21.9 Å². The standard InChI is InChI=1S/C16H16F3N5O/c1-11-21-13(16(17,18)19)10-14(22-11)23-6-8-24(9-7-23)15(25)12-2-4-20-5-3-12/h2-5,10H,6-9H2,1H3. The number of pyridine rings is 1. The summed E-state index contributed by atoms with van der Waals surface area (Å²) in [4.78, 5) is 27.2. The Hall–Kier alpha value is -2.71. The van der Waals surface area contributed by atoms with Gasteiger partial charge in [-0.15, -0.1) is 0 Å². The van der Waals surface area contributed by atoms with Crippen LogP contribution in [-0.4, -0.2) is 51.9 Å². The summed E-state index contributed by atoms with van der Waals surface area (Å²) in [6, 6.07) is 4.23. The van der Waals surface area contributed by atoms with Gasteiger partial charge in [-0.3, -0.25) is 9.78 Å². The van der Waals surface area contributed by atoms with Gasteiger partial charge in [-0.25, -0.2) is 9.97 Å². The average molecular weight is 351 g/mol. The number of hydrogen-bond donors (Lipinski definition) is 0. The molecule has 1 fully saturated rings. The van der Waals surface area contributed by atoms with Crippen LogP contribution in [0.25, 0.3) is 0 Å². The topological polar surface area (TPSA) is 62.2 Å². The molecule has 3 rings (SSSR count). The Bertz CT molecular complexity index is 758. The average Bonchev–Trinajstić information content (AvgIpc) is 2.61. The smallest absolute Gasteiger partial charge is 0.353 e. The number of carbonyl (C=O) groups is 1. The van der Waals surface area contributed by atoms with Gasteiger partial charge >= 0.3 is 6.18 Å². The number of rotatable bonds is 2. The molecule has 0 aliphatic carbocycles. The van der Waals surface area contributed by atoms with Crippen molar-refractivity contribution in [2.45, 2.75) is 13.1 Å². The monoisotopic (exact) mass is 351 g/mol. The number of anilines is 1. The van der Waals surface area contributed by atoms with Crippen LogP contribution in [0.5, 0.6) is 0 Å². The molecule has 2 aromatic rings. The van der Waals surface area contributed by atoms with Gasteiger partial charge in [0.1, 0.15) is 17.3 Å². The normalized spacial score (nSPS) is 15.4. The first-order valence-corrected chi connectivity index (χ1v) is 7.72. The summed E-state index contributed by atoms with van der Waals surface area (Å²) >= 11 is 0. The number of alkyl halides is 3. The van der Waals surface area contributed by atoms with E-state index >= 15 is 0 Å². The summed E-state index contributed by atoms with van der Waals surface area (Å²) in [5, 5.41) is 0. The van der Waals surface area contributed by atoms with E-state index in [1.54, 1.807) is 34.3 Å². The minimum atomic E-state index is -4.51. The van der Waals surface area contributed by atoms with Gasteiger partial charge in [-0.05, 0) is 19.1 Å². The predicted molar refractivity (Wildman–Crippen MR) is 84.1 cm³/mol. The van der Waals surface area contributed by atoms with Crippen molar-refractivity contribution in [3.05, 3.63) is 47.7 Å². The van der Waals surface area contributed by atoms with Crippen LogP contribution >= 0.6 is 0 Å². The lowest BCUT2D eigenvalue weighted by Crippen LogP contribution is -2.49. The zero-order chi connectivity index (χ0) is 18.0. The van der Waals surface area contributed by atoms with Gasteiger partial charge in [0, 0.05) is 50.2 Å². The first-order valence-electron chi connectivity index (χ1n) is 7.72. The highest BCUT2D eigenvalue weighted by Gasteiger charge is 2.34. The molecule has 0 unspecified atom stereocenters. The summed E-state index contributed by atoms with van der Waals surface area (Å²) in [5.74, 6) is 0.188. The fourth-order valence-electron chi connectivity index (χ4n) is 2.67. The van der Waals surface area contributed by atoms with Crippen molar-refractivity contribution in [1.29, 1.82) is 0 Å². The van der Waals surface area contributed by atoms with Crippen molar-refractivity contribution in [2.75, 3.05) is 31.1 Å². The van der Waals surface area contributed by atoms with E-state index in [0.29, 0.717) is 31.7 Å². The van der Waals surface area contributed by atoms with E-state index in [1.807, 2.05) is 0 Å². The Labute approximate surface area is 142 Å². The maximum atomic E-state index is 12.9. The minimum Gasteiger partial charge on any atom is -0.353 e. The zero-order valence-corrected chi connectivity index (χ0v) is 13.5. The summed E-state index contributed by atoms with van der Waals surface area (Å²) in [6.07, 6.45) is -1.42. The molecule has 6 nitrogen and oxygen atoms in total. The van der Waals surface area contributed by atoms with Gasteiger partial charge in [0.25, 0.3) is 5.91 Å². The highest BCUT2D eigenvalue weighted by Crippen LogP contribution is 2.30. The fourth-order valence-corrected chi connectivity index (χ4v) is 2.67. The third-order valence-corrected chi connectivity index (χ3v) is 3.93. The van der Waals surface area contributed by atoms with Gasteiger partial charge < -0.3 is 9.80 Å². The molecule has 2 aromatic heterocycles. The van der Waals surface area contributed by atoms with Crippen molar-refractivity contribution in [1.82, 2.24) is 19.9 Å². The molecule has 0 bridgehead atoms. The number of carbonyl (C=O) groups excluding carboxylic acids is 1. The molecule has 1 aliphatic rings. The van der Waals surface area contributed by atoms with Gasteiger partial charge in [0.2, 0.25) is 0 Å². The van der Waals surface area contributed by atoms with Gasteiger partial charge in [-0.2, -0.15) is 13.2 Å². The lowest BCUT2D eigenvalue weighted by Gasteiger charge is -2.35. The Balaban J connectivity index is 1.70. The third-order valence-electron chi connectivity index (χ3n) is 3.93. The SMILES string of the molecule is Cc1nc(N2CCN(C(=O)c3ccncc3)CC2)cc(C(F)(F)F)n1. The number of hydrogen-bond acceptors (Lipinski definition) is 5. The number of nitrogens with zero attached hydrogens (tertiary/aromatic N) is 5. The van der Waals surface area contributed by atoms with Crippen LogP contribution in [0.3, 0.4) is 0 Å². The first-order chi connectivity index (χ1) is 11.8. The van der Waals surface area contributed by atoms with Crippen LogP contribution in [-0.2, 0) is 6.18 Å². The summed E-state index contributed by atoms with van der Waals surface area (Å²) in [6.45, 7) is 3.06. The first kappa shape index (κ1) is 17.1. The van der Waals surface area contributed by atoms with E-state index in [1.165, 1.54) is 6.92 Å². The van der Waals surface area contributed by atoms with E-state index in [4.69, 9.17) is 0 Å². The van der Waals surface area contributed by atoms with Crippen molar-refractivity contribution in [2.24, 2.45) is 0 Å². The van der Waals surface area contributed by atoms with Crippen molar-refractivity contribution in [3.8, 4) is 0 Å². The number of halogens is 3. The Kier molecular flexibility index (Phi) is 4.56. The van der Waals surface area contributed by atoms with E-state index in [-0.39, 0.29) is 17.5 Å². The Morgan fingerprint density at radius 1 is 1.08 bits per heavy atom. The maximum Gasteiger partial charge on any atom is 0.433 e. The van der Waals surface area contributed by atoms with Crippen LogP contribution in [0.15, 0.2) is 30.6 Å². The number of amides is 1. The molecule has 0 aromatic carbocycles. The molecule has 0 spiro atoms. The highest BCUT2D eigenvalue weighted by molar-refractivity contribution is 5.94. The summed E-state index contributed by atoms with van der Waals surface area (Å²) in [7, 11) is 0. The van der Waals surface area contributed by atoms with E-state index in [0.717, 1.165) is 6.07 Å². The predicted octanol–water partition coefficient (Wildman–Crippen LogP) is 2.16. The van der Waals surface area contributed by atoms with Crippen LogP contribution < -0.4 is 4.90 Å². The van der Waals surface area contributed by atoms with Gasteiger partial charge in [0.15, 0.2) is 0 Å². The second-order valence-electron chi connectivity index (χ2n) is 5.67. The number of piperazine rings is 1. The molecular weight excluding hydrogens is 335 g/mol. The molecule has 9 heteroatoms. The second kappa shape index (κ2) is 6.66. The second-order valence-corrected chi connectivity index (χ2v) is 5.67. The molecule has 1 saturated heterocycles. The van der Waals surface area contributed by atoms with Crippen LogP contribution in [0.2, 0.25) is 0 Å². The molecular formula is C16H16F3N5O. The molecule has 3 heterocycles. The van der Waals surface area contributed by atoms with Crippen molar-refractivity contribution < 1.29 is 18.0 Å². The van der Waals surface area contributed by atoms with Crippen LogP contribution in [0.4, 0.5) is 19.0 Å². The highest BCUT2D eigenvalue weighted by atomic mass is 19.4. The molecule has 0 atom stereocenters. The quantitative estimate of drug-likeness (QED) is 0.830. The number of aromatic nitrogens is 3. The molecule has 0 N–H and O–H groups in total. The van der Waals surface area contributed by atoms with Gasteiger partial charge in [0.05, 0.1) is 0 Å². The van der Waals surface area contributed by atoms with E-state index in [9.17, 15) is 18.0 Å². The summed E-state index contributed by atoms with van der Waals surface area (Å²) in [5.41, 5.74) is -0.411.